The summed E-state index contributed by atoms with van der Waals surface area (Å²) in [6.07, 6.45) is -0.951. The van der Waals surface area contributed by atoms with Crippen molar-refractivity contribution in [1.82, 2.24) is 0 Å². The lowest BCUT2D eigenvalue weighted by atomic mass is 9.98. The molecule has 0 aromatic heterocycles. The van der Waals surface area contributed by atoms with Crippen molar-refractivity contribution in [3.8, 4) is 11.5 Å². The highest BCUT2D eigenvalue weighted by molar-refractivity contribution is 5.89. The van der Waals surface area contributed by atoms with E-state index in [9.17, 15) is 9.90 Å². The zero-order valence-corrected chi connectivity index (χ0v) is 12.8. The summed E-state index contributed by atoms with van der Waals surface area (Å²) < 4.78 is 10.6. The van der Waals surface area contributed by atoms with Crippen LogP contribution in [-0.2, 0) is 4.79 Å². The molecule has 0 aliphatic heterocycles. The van der Waals surface area contributed by atoms with Crippen LogP contribution < -0.4 is 14.8 Å². The largest absolute Gasteiger partial charge is 0.493 e. The summed E-state index contributed by atoms with van der Waals surface area (Å²) in [5.74, 6) is 0.809. The number of aliphatic hydroxyl groups excluding tert-OH is 1. The fraction of sp³-hybridized carbons (Fsp3) is 0.235. The first-order chi connectivity index (χ1) is 10.6. The maximum absolute atomic E-state index is 11.3. The van der Waals surface area contributed by atoms with Gasteiger partial charge in [-0.1, -0.05) is 30.3 Å². The van der Waals surface area contributed by atoms with Crippen molar-refractivity contribution in [2.24, 2.45) is 0 Å². The molecule has 1 unspecified atom stereocenters. The van der Waals surface area contributed by atoms with Gasteiger partial charge in [-0.05, 0) is 12.1 Å². The van der Waals surface area contributed by atoms with Gasteiger partial charge in [-0.15, -0.1) is 0 Å². The second-order valence-corrected chi connectivity index (χ2v) is 4.75. The highest BCUT2D eigenvalue weighted by atomic mass is 16.5. The minimum Gasteiger partial charge on any atom is -0.493 e. The predicted molar refractivity (Wildman–Crippen MR) is 84.4 cm³/mol. The number of para-hydroxylation sites is 2. The smallest absolute Gasteiger partial charge is 0.221 e. The van der Waals surface area contributed by atoms with E-state index < -0.39 is 6.10 Å². The normalized spacial score (nSPS) is 11.6. The van der Waals surface area contributed by atoms with E-state index in [1.54, 1.807) is 49.6 Å². The molecule has 1 amide bonds. The van der Waals surface area contributed by atoms with Crippen LogP contribution in [0.15, 0.2) is 42.5 Å². The van der Waals surface area contributed by atoms with E-state index in [1.807, 2.05) is 0 Å². The number of rotatable bonds is 5. The van der Waals surface area contributed by atoms with Crippen LogP contribution in [0.5, 0.6) is 11.5 Å². The Hall–Kier alpha value is -2.53. The van der Waals surface area contributed by atoms with Gasteiger partial charge >= 0.3 is 0 Å². The molecule has 0 bridgehead atoms. The number of methoxy groups -OCH3 is 2. The van der Waals surface area contributed by atoms with Crippen molar-refractivity contribution in [1.29, 1.82) is 0 Å². The number of nitrogens with one attached hydrogen (secondary N) is 1. The predicted octanol–water partition coefficient (Wildman–Crippen LogP) is 2.74. The maximum Gasteiger partial charge on any atom is 0.221 e. The number of benzene rings is 2. The number of hydrogen-bond acceptors (Lipinski definition) is 4. The molecule has 116 valence electrons. The van der Waals surface area contributed by atoms with Crippen LogP contribution >= 0.6 is 0 Å². The molecular formula is C17H19NO4. The Labute approximate surface area is 129 Å². The van der Waals surface area contributed by atoms with Gasteiger partial charge in [0.2, 0.25) is 5.91 Å². The van der Waals surface area contributed by atoms with Crippen LogP contribution in [-0.4, -0.2) is 25.2 Å². The van der Waals surface area contributed by atoms with Gasteiger partial charge < -0.3 is 19.9 Å². The van der Waals surface area contributed by atoms with Crippen molar-refractivity contribution >= 4 is 11.6 Å². The molecule has 22 heavy (non-hydrogen) atoms. The Bertz CT molecular complexity index is 669. The number of carbonyl (C=O) groups excluding carboxylic acids is 1. The molecule has 0 heterocycles. The molecule has 2 N–H and O–H groups in total. The molecular weight excluding hydrogens is 282 g/mol. The van der Waals surface area contributed by atoms with Crippen molar-refractivity contribution in [2.45, 2.75) is 13.0 Å². The van der Waals surface area contributed by atoms with E-state index >= 15 is 0 Å². The summed E-state index contributed by atoms with van der Waals surface area (Å²) in [6, 6.07) is 12.4. The summed E-state index contributed by atoms with van der Waals surface area (Å²) in [5.41, 5.74) is 1.72. The molecule has 2 rings (SSSR count). The van der Waals surface area contributed by atoms with Crippen molar-refractivity contribution in [2.75, 3.05) is 19.5 Å². The topological polar surface area (TPSA) is 67.8 Å². The number of hydrogen-bond donors (Lipinski definition) is 2. The fourth-order valence-electron chi connectivity index (χ4n) is 2.33. The third-order valence-corrected chi connectivity index (χ3v) is 3.29. The van der Waals surface area contributed by atoms with Crippen molar-refractivity contribution < 1.29 is 19.4 Å². The number of carbonyl (C=O) groups is 1. The van der Waals surface area contributed by atoms with Crippen LogP contribution in [0.1, 0.15) is 24.2 Å². The average molecular weight is 301 g/mol. The van der Waals surface area contributed by atoms with Gasteiger partial charge in [0.05, 0.1) is 14.2 Å². The number of ether oxygens (including phenoxy) is 2. The van der Waals surface area contributed by atoms with E-state index in [-0.39, 0.29) is 5.91 Å². The van der Waals surface area contributed by atoms with Gasteiger partial charge in [0.25, 0.3) is 0 Å². The molecule has 2 aromatic rings. The Morgan fingerprint density at radius 1 is 1.05 bits per heavy atom. The highest BCUT2D eigenvalue weighted by Gasteiger charge is 2.21. The standard InChI is InChI=1S/C17H19NO4/c1-11(19)18-14-9-5-4-7-12(14)16(20)13-8-6-10-15(21-2)17(13)22-3/h4-10,16,20H,1-3H3,(H,18,19). The van der Waals surface area contributed by atoms with E-state index in [1.165, 1.54) is 14.0 Å². The van der Waals surface area contributed by atoms with Gasteiger partial charge in [-0.2, -0.15) is 0 Å². The molecule has 2 aromatic carbocycles. The molecule has 5 heteroatoms. The Morgan fingerprint density at radius 2 is 1.73 bits per heavy atom. The lowest BCUT2D eigenvalue weighted by Gasteiger charge is -2.19. The lowest BCUT2D eigenvalue weighted by Crippen LogP contribution is -2.11. The minimum atomic E-state index is -0.951. The maximum atomic E-state index is 11.3. The Balaban J connectivity index is 2.49. The zero-order valence-electron chi connectivity index (χ0n) is 12.8. The van der Waals surface area contributed by atoms with Crippen LogP contribution in [0.3, 0.4) is 0 Å². The summed E-state index contributed by atoms with van der Waals surface area (Å²) in [4.78, 5) is 11.3. The summed E-state index contributed by atoms with van der Waals surface area (Å²) >= 11 is 0. The van der Waals surface area contributed by atoms with E-state index in [0.717, 1.165) is 0 Å². The number of anilines is 1. The van der Waals surface area contributed by atoms with Gasteiger partial charge in [-0.25, -0.2) is 0 Å². The summed E-state index contributed by atoms with van der Waals surface area (Å²) in [5, 5.41) is 13.4. The van der Waals surface area contributed by atoms with Crippen LogP contribution in [0.4, 0.5) is 5.69 Å². The Kier molecular flexibility index (Phi) is 5.01. The van der Waals surface area contributed by atoms with Crippen LogP contribution in [0, 0.1) is 0 Å². The van der Waals surface area contributed by atoms with E-state index in [0.29, 0.717) is 28.3 Å². The van der Waals surface area contributed by atoms with Gasteiger partial charge in [-0.3, -0.25) is 4.79 Å². The molecule has 0 fully saturated rings. The first-order valence-electron chi connectivity index (χ1n) is 6.84. The molecule has 1 atom stereocenters. The van der Waals surface area contributed by atoms with E-state index in [4.69, 9.17) is 9.47 Å². The zero-order chi connectivity index (χ0) is 16.1. The number of aliphatic hydroxyl groups is 1. The third kappa shape index (κ3) is 3.20. The molecule has 0 aliphatic carbocycles. The Morgan fingerprint density at radius 3 is 2.36 bits per heavy atom. The molecule has 0 saturated carbocycles. The van der Waals surface area contributed by atoms with Gasteiger partial charge in [0, 0.05) is 23.7 Å². The SMILES string of the molecule is COc1cccc(C(O)c2ccccc2NC(C)=O)c1OC. The van der Waals surface area contributed by atoms with E-state index in [2.05, 4.69) is 5.32 Å². The quantitative estimate of drug-likeness (QED) is 0.891. The molecule has 5 nitrogen and oxygen atoms in total. The summed E-state index contributed by atoms with van der Waals surface area (Å²) in [6.45, 7) is 1.43. The van der Waals surface area contributed by atoms with Gasteiger partial charge in [0.15, 0.2) is 11.5 Å². The summed E-state index contributed by atoms with van der Waals surface area (Å²) in [7, 11) is 3.06. The molecule has 0 saturated heterocycles. The van der Waals surface area contributed by atoms with Gasteiger partial charge in [0.1, 0.15) is 6.10 Å². The van der Waals surface area contributed by atoms with Crippen molar-refractivity contribution in [3.63, 3.8) is 0 Å². The monoisotopic (exact) mass is 301 g/mol. The first kappa shape index (κ1) is 15.9. The third-order valence-electron chi connectivity index (χ3n) is 3.29. The number of amides is 1. The average Bonchev–Trinajstić information content (AvgIpc) is 2.53. The lowest BCUT2D eigenvalue weighted by molar-refractivity contribution is -0.114. The highest BCUT2D eigenvalue weighted by Crippen LogP contribution is 2.38. The first-order valence-corrected chi connectivity index (χ1v) is 6.84. The molecule has 0 aliphatic rings. The second kappa shape index (κ2) is 6.95. The van der Waals surface area contributed by atoms with Crippen LogP contribution in [0.25, 0.3) is 0 Å². The van der Waals surface area contributed by atoms with Crippen molar-refractivity contribution in [3.05, 3.63) is 53.6 Å². The fourth-order valence-corrected chi connectivity index (χ4v) is 2.33. The van der Waals surface area contributed by atoms with Crippen LogP contribution in [0.2, 0.25) is 0 Å². The minimum absolute atomic E-state index is 0.197. The second-order valence-electron chi connectivity index (χ2n) is 4.75. The molecule has 0 radical (unpaired) electrons. The molecule has 0 spiro atoms.